The molecule has 2 nitrogen and oxygen atoms in total. The molecule has 0 atom stereocenters. The van der Waals surface area contributed by atoms with Crippen LogP contribution in [0.3, 0.4) is 0 Å². The first-order valence-corrected chi connectivity index (χ1v) is 9.17. The maximum absolute atomic E-state index is 12.4. The molecule has 0 radical (unpaired) electrons. The number of nitrogens with zero attached hydrogens (tertiary/aromatic N) is 1. The van der Waals surface area contributed by atoms with Gasteiger partial charge in [0, 0.05) is 24.1 Å². The minimum Gasteiger partial charge on any atom is -0.360 e. The Morgan fingerprint density at radius 1 is 1.08 bits per heavy atom. The predicted octanol–water partition coefficient (Wildman–Crippen LogP) is 5.78. The summed E-state index contributed by atoms with van der Waals surface area (Å²) < 4.78 is 37.2. The van der Waals surface area contributed by atoms with Crippen molar-refractivity contribution in [3.05, 3.63) is 64.2 Å². The van der Waals surface area contributed by atoms with Crippen LogP contribution in [-0.2, 0) is 6.42 Å². The number of nitrogens with one attached hydrogen (secondary N) is 1. The van der Waals surface area contributed by atoms with Gasteiger partial charge in [0.15, 0.2) is 0 Å². The Balaban J connectivity index is 2.20. The molecule has 0 bridgehead atoms. The van der Waals surface area contributed by atoms with Crippen LogP contribution in [0.4, 0.5) is 13.2 Å². The third kappa shape index (κ3) is 5.27. The summed E-state index contributed by atoms with van der Waals surface area (Å²) in [5.41, 5.74) is 0.837. The van der Waals surface area contributed by atoms with Crippen LogP contribution in [0.5, 0.6) is 0 Å². The standard InChI is InChI=1S/C20H23F3N2S/c1-5-25(4)19(24)18-11-13(2)16(10-14(18)3)12-15-6-8-17(9-7-15)26-20(21,22)23/h6-11,24H,5,12H2,1-4H3. The molecular formula is C20H23F3N2S. The van der Waals surface area contributed by atoms with E-state index in [2.05, 4.69) is 6.07 Å². The third-order valence-corrected chi connectivity index (χ3v) is 5.08. The first kappa shape index (κ1) is 20.4. The second-order valence-electron chi connectivity index (χ2n) is 6.32. The zero-order valence-electron chi connectivity index (χ0n) is 15.4. The van der Waals surface area contributed by atoms with Gasteiger partial charge in [-0.1, -0.05) is 18.2 Å². The molecule has 0 fully saturated rings. The van der Waals surface area contributed by atoms with E-state index < -0.39 is 5.51 Å². The van der Waals surface area contributed by atoms with Gasteiger partial charge >= 0.3 is 5.51 Å². The fourth-order valence-electron chi connectivity index (χ4n) is 2.71. The Morgan fingerprint density at radius 2 is 1.69 bits per heavy atom. The fraction of sp³-hybridized carbons (Fsp3) is 0.350. The average Bonchev–Trinajstić information content (AvgIpc) is 2.57. The quantitative estimate of drug-likeness (QED) is 0.404. The normalized spacial score (nSPS) is 11.5. The van der Waals surface area contributed by atoms with E-state index in [0.29, 0.717) is 12.3 Å². The van der Waals surface area contributed by atoms with Crippen LogP contribution in [0.25, 0.3) is 0 Å². The van der Waals surface area contributed by atoms with Crippen LogP contribution in [0.2, 0.25) is 0 Å². The molecule has 0 amide bonds. The lowest BCUT2D eigenvalue weighted by molar-refractivity contribution is -0.0328. The smallest absolute Gasteiger partial charge is 0.360 e. The molecule has 140 valence electrons. The van der Waals surface area contributed by atoms with Crippen molar-refractivity contribution in [3.63, 3.8) is 0 Å². The number of hydrogen-bond acceptors (Lipinski definition) is 2. The number of aryl methyl sites for hydroxylation is 2. The monoisotopic (exact) mass is 380 g/mol. The SMILES string of the molecule is CCN(C)C(=N)c1cc(C)c(Cc2ccc(SC(F)(F)F)cc2)cc1C. The summed E-state index contributed by atoms with van der Waals surface area (Å²) in [5, 5.41) is 8.29. The highest BCUT2D eigenvalue weighted by atomic mass is 32.2. The number of benzene rings is 2. The largest absolute Gasteiger partial charge is 0.446 e. The van der Waals surface area contributed by atoms with Gasteiger partial charge in [0.1, 0.15) is 5.84 Å². The summed E-state index contributed by atoms with van der Waals surface area (Å²) in [7, 11) is 1.89. The van der Waals surface area contributed by atoms with E-state index >= 15 is 0 Å². The first-order chi connectivity index (χ1) is 12.1. The van der Waals surface area contributed by atoms with Crippen molar-refractivity contribution < 1.29 is 13.2 Å². The highest BCUT2D eigenvalue weighted by Crippen LogP contribution is 2.36. The van der Waals surface area contributed by atoms with Crippen molar-refractivity contribution in [1.29, 1.82) is 5.41 Å². The molecular weight excluding hydrogens is 357 g/mol. The lowest BCUT2D eigenvalue weighted by Gasteiger charge is -2.20. The molecule has 2 rings (SSSR count). The number of thioether (sulfide) groups is 1. The van der Waals surface area contributed by atoms with Gasteiger partial charge < -0.3 is 4.90 Å². The summed E-state index contributed by atoms with van der Waals surface area (Å²) in [5.74, 6) is 0.494. The van der Waals surface area contributed by atoms with E-state index in [9.17, 15) is 13.2 Å². The predicted molar refractivity (Wildman–Crippen MR) is 102 cm³/mol. The highest BCUT2D eigenvalue weighted by Gasteiger charge is 2.29. The van der Waals surface area contributed by atoms with E-state index in [1.54, 1.807) is 12.1 Å². The minimum absolute atomic E-state index is 0.0970. The first-order valence-electron chi connectivity index (χ1n) is 8.35. The molecule has 2 aromatic rings. The molecule has 0 saturated carbocycles. The van der Waals surface area contributed by atoms with Gasteiger partial charge in [-0.05, 0) is 79.4 Å². The number of amidine groups is 1. The van der Waals surface area contributed by atoms with E-state index in [0.717, 1.165) is 34.4 Å². The summed E-state index contributed by atoms with van der Waals surface area (Å²) in [6.45, 7) is 6.76. The molecule has 26 heavy (non-hydrogen) atoms. The molecule has 1 N–H and O–H groups in total. The van der Waals surface area contributed by atoms with Crippen molar-refractivity contribution >= 4 is 17.6 Å². The van der Waals surface area contributed by atoms with Gasteiger partial charge in [-0.15, -0.1) is 0 Å². The van der Waals surface area contributed by atoms with Crippen LogP contribution in [-0.4, -0.2) is 29.8 Å². The Hall–Kier alpha value is -1.95. The van der Waals surface area contributed by atoms with Crippen LogP contribution in [0, 0.1) is 19.3 Å². The van der Waals surface area contributed by atoms with E-state index in [1.165, 1.54) is 12.1 Å². The minimum atomic E-state index is -4.26. The molecule has 2 aromatic carbocycles. The van der Waals surface area contributed by atoms with E-state index in [4.69, 9.17) is 5.41 Å². The zero-order valence-corrected chi connectivity index (χ0v) is 16.2. The Morgan fingerprint density at radius 3 is 2.23 bits per heavy atom. The molecule has 0 saturated heterocycles. The van der Waals surface area contributed by atoms with Crippen molar-refractivity contribution in [3.8, 4) is 0 Å². The van der Waals surface area contributed by atoms with Crippen molar-refractivity contribution in [1.82, 2.24) is 4.90 Å². The molecule has 0 aromatic heterocycles. The Labute approximate surface area is 156 Å². The van der Waals surface area contributed by atoms with Gasteiger partial charge in [-0.3, -0.25) is 5.41 Å². The van der Waals surface area contributed by atoms with Crippen LogP contribution >= 0.6 is 11.8 Å². The molecule has 0 aliphatic rings. The lowest BCUT2D eigenvalue weighted by Crippen LogP contribution is -2.27. The zero-order chi connectivity index (χ0) is 19.5. The number of halogens is 3. The van der Waals surface area contributed by atoms with Crippen molar-refractivity contribution in [2.24, 2.45) is 0 Å². The van der Waals surface area contributed by atoms with Crippen LogP contribution in [0.1, 0.15) is 34.7 Å². The Kier molecular flexibility index (Phi) is 6.39. The molecule has 6 heteroatoms. The summed E-state index contributed by atoms with van der Waals surface area (Å²) in [6.07, 6.45) is 0.654. The van der Waals surface area contributed by atoms with Gasteiger partial charge in [0.05, 0.1) is 0 Å². The lowest BCUT2D eigenvalue weighted by atomic mass is 9.94. The average molecular weight is 380 g/mol. The van der Waals surface area contributed by atoms with Gasteiger partial charge in [0.25, 0.3) is 0 Å². The molecule has 0 heterocycles. The summed E-state index contributed by atoms with van der Waals surface area (Å²) >= 11 is -0.0970. The third-order valence-electron chi connectivity index (χ3n) is 4.35. The second kappa shape index (κ2) is 8.16. The van der Waals surface area contributed by atoms with E-state index in [-0.39, 0.29) is 16.7 Å². The maximum Gasteiger partial charge on any atom is 0.446 e. The highest BCUT2D eigenvalue weighted by molar-refractivity contribution is 8.00. The van der Waals surface area contributed by atoms with Gasteiger partial charge in [-0.25, -0.2) is 0 Å². The Bertz CT molecular complexity index is 783. The van der Waals surface area contributed by atoms with Gasteiger partial charge in [-0.2, -0.15) is 13.2 Å². The van der Waals surface area contributed by atoms with Gasteiger partial charge in [0.2, 0.25) is 0 Å². The number of rotatable bonds is 5. The van der Waals surface area contributed by atoms with Crippen molar-refractivity contribution in [2.75, 3.05) is 13.6 Å². The number of alkyl halides is 3. The van der Waals surface area contributed by atoms with E-state index in [1.807, 2.05) is 38.8 Å². The number of hydrogen-bond donors (Lipinski definition) is 1. The van der Waals surface area contributed by atoms with Crippen LogP contribution < -0.4 is 0 Å². The molecule has 0 spiro atoms. The molecule has 0 unspecified atom stereocenters. The topological polar surface area (TPSA) is 27.1 Å². The fourth-order valence-corrected chi connectivity index (χ4v) is 3.25. The summed E-state index contributed by atoms with van der Waals surface area (Å²) in [4.78, 5) is 2.08. The summed E-state index contributed by atoms with van der Waals surface area (Å²) in [6, 6.07) is 10.6. The molecule has 0 aliphatic carbocycles. The van der Waals surface area contributed by atoms with Crippen molar-refractivity contribution in [2.45, 2.75) is 37.6 Å². The second-order valence-corrected chi connectivity index (χ2v) is 7.46. The van der Waals surface area contributed by atoms with Crippen LogP contribution in [0.15, 0.2) is 41.3 Å². The molecule has 0 aliphatic heterocycles. The maximum atomic E-state index is 12.4.